The summed E-state index contributed by atoms with van der Waals surface area (Å²) in [6.07, 6.45) is 0. The van der Waals surface area contributed by atoms with Gasteiger partial charge in [0.25, 0.3) is 20.0 Å². The van der Waals surface area contributed by atoms with Gasteiger partial charge in [-0.2, -0.15) is 0 Å². The first-order chi connectivity index (χ1) is 19.2. The lowest BCUT2D eigenvalue weighted by Gasteiger charge is -2.13. The summed E-state index contributed by atoms with van der Waals surface area (Å²) < 4.78 is 58.2. The molecule has 4 aromatic carbocycles. The maximum Gasteiger partial charge on any atom is 0.269 e. The normalized spacial score (nSPS) is 12.3. The molecule has 0 spiro atoms. The van der Waals surface area contributed by atoms with Gasteiger partial charge in [0.05, 0.1) is 20.8 Å². The van der Waals surface area contributed by atoms with Crippen molar-refractivity contribution in [3.63, 3.8) is 0 Å². The Labute approximate surface area is 241 Å². The van der Waals surface area contributed by atoms with Gasteiger partial charge in [0.2, 0.25) is 0 Å². The molecule has 6 aromatic rings. The number of nitrogens with zero attached hydrogens (tertiary/aromatic N) is 2. The van der Waals surface area contributed by atoms with E-state index in [2.05, 4.69) is 0 Å². The predicted octanol–water partition coefficient (Wildman–Crippen LogP) is 7.49. The van der Waals surface area contributed by atoms with Crippen molar-refractivity contribution in [2.75, 3.05) is 0 Å². The first-order valence-corrected chi connectivity index (χ1v) is 17.4. The molecule has 0 fully saturated rings. The van der Waals surface area contributed by atoms with Crippen LogP contribution in [-0.4, -0.2) is 24.8 Å². The van der Waals surface area contributed by atoms with Crippen molar-refractivity contribution in [1.82, 2.24) is 7.94 Å². The van der Waals surface area contributed by atoms with Gasteiger partial charge in [-0.05, 0) is 84.0 Å². The Hall–Kier alpha value is -3.44. The van der Waals surface area contributed by atoms with Gasteiger partial charge in [0.1, 0.15) is 10.1 Å². The SMILES string of the molecule is Cc1ccc(S(=O)(=O)n2c(SSc3cc4ccccc4n3S(=O)(=O)c3ccc(C)cc3)cc3ccccc32)cc1. The molecule has 10 heteroatoms. The highest BCUT2D eigenvalue weighted by Crippen LogP contribution is 2.44. The lowest BCUT2D eigenvalue weighted by molar-refractivity contribution is 0.583. The standard InChI is InChI=1S/C30H24N2O4S4/c1-21-11-15-25(16-12-21)39(33,34)31-27-9-5-3-7-23(27)19-29(31)37-38-30-20-24-8-4-6-10-28(24)32(30)40(35,36)26-17-13-22(2)14-18-26/h3-20H,1-2H3. The Morgan fingerprint density at radius 3 is 1.23 bits per heavy atom. The molecule has 0 saturated carbocycles. The number of fused-ring (bicyclic) bond motifs is 2. The van der Waals surface area contributed by atoms with Gasteiger partial charge < -0.3 is 0 Å². The van der Waals surface area contributed by atoms with Crippen LogP contribution in [0.2, 0.25) is 0 Å². The zero-order chi connectivity index (χ0) is 28.1. The smallest absolute Gasteiger partial charge is 0.227 e. The summed E-state index contributed by atoms with van der Waals surface area (Å²) in [5.41, 5.74) is 3.03. The third kappa shape index (κ3) is 4.64. The number of hydrogen-bond donors (Lipinski definition) is 0. The van der Waals surface area contributed by atoms with E-state index in [1.54, 1.807) is 72.8 Å². The number of hydrogen-bond acceptors (Lipinski definition) is 6. The third-order valence-electron chi connectivity index (χ3n) is 6.60. The molecule has 0 amide bonds. The van der Waals surface area contributed by atoms with E-state index in [-0.39, 0.29) is 9.79 Å². The predicted molar refractivity (Wildman–Crippen MR) is 163 cm³/mol. The van der Waals surface area contributed by atoms with E-state index >= 15 is 0 Å². The highest BCUT2D eigenvalue weighted by Gasteiger charge is 2.26. The van der Waals surface area contributed by atoms with Crippen molar-refractivity contribution in [3.8, 4) is 0 Å². The molecule has 0 aliphatic carbocycles. The monoisotopic (exact) mass is 604 g/mol. The van der Waals surface area contributed by atoms with Crippen LogP contribution in [0.25, 0.3) is 21.8 Å². The molecule has 0 atom stereocenters. The van der Waals surface area contributed by atoms with Crippen LogP contribution < -0.4 is 0 Å². The molecule has 0 aliphatic heterocycles. The molecule has 6 nitrogen and oxygen atoms in total. The van der Waals surface area contributed by atoms with Crippen molar-refractivity contribution in [2.45, 2.75) is 33.7 Å². The first kappa shape index (κ1) is 26.8. The fourth-order valence-electron chi connectivity index (χ4n) is 4.54. The highest BCUT2D eigenvalue weighted by atomic mass is 33.1. The fourth-order valence-corrected chi connectivity index (χ4v) is 10.5. The average molecular weight is 605 g/mol. The summed E-state index contributed by atoms with van der Waals surface area (Å²) >= 11 is 0. The molecule has 202 valence electrons. The molecule has 0 saturated heterocycles. The van der Waals surface area contributed by atoms with Gasteiger partial charge in [-0.3, -0.25) is 0 Å². The number of aromatic nitrogens is 2. The van der Waals surface area contributed by atoms with Gasteiger partial charge in [-0.25, -0.2) is 24.8 Å². The third-order valence-corrected chi connectivity index (χ3v) is 12.6. The number of benzene rings is 4. The second kappa shape index (κ2) is 10.2. The van der Waals surface area contributed by atoms with Crippen molar-refractivity contribution >= 4 is 63.4 Å². The Kier molecular flexibility index (Phi) is 6.82. The molecule has 40 heavy (non-hydrogen) atoms. The summed E-state index contributed by atoms with van der Waals surface area (Å²) in [5, 5.41) is 2.48. The maximum absolute atomic E-state index is 13.9. The van der Waals surface area contributed by atoms with Crippen LogP contribution >= 0.6 is 21.6 Å². The molecular formula is C30H24N2O4S4. The topological polar surface area (TPSA) is 78.1 Å². The molecule has 0 N–H and O–H groups in total. The Bertz CT molecular complexity index is 1940. The molecule has 0 radical (unpaired) electrons. The summed E-state index contributed by atoms with van der Waals surface area (Å²) in [5.74, 6) is 0. The van der Waals surface area contributed by atoms with Crippen molar-refractivity contribution in [2.24, 2.45) is 0 Å². The Balaban J connectivity index is 1.47. The van der Waals surface area contributed by atoms with E-state index in [1.807, 2.05) is 50.2 Å². The Morgan fingerprint density at radius 1 is 0.500 bits per heavy atom. The largest absolute Gasteiger partial charge is 0.269 e. The van der Waals surface area contributed by atoms with E-state index in [9.17, 15) is 16.8 Å². The maximum atomic E-state index is 13.9. The van der Waals surface area contributed by atoms with Crippen LogP contribution in [0.1, 0.15) is 11.1 Å². The second-order valence-corrected chi connectivity index (χ2v) is 15.2. The van der Waals surface area contributed by atoms with Crippen LogP contribution in [0.4, 0.5) is 0 Å². The van der Waals surface area contributed by atoms with Gasteiger partial charge in [-0.15, -0.1) is 0 Å². The number of para-hydroxylation sites is 2. The minimum Gasteiger partial charge on any atom is -0.227 e. The summed E-state index contributed by atoms with van der Waals surface area (Å²) in [7, 11) is -5.44. The molecular weight excluding hydrogens is 581 g/mol. The summed E-state index contributed by atoms with van der Waals surface area (Å²) in [6.45, 7) is 3.81. The number of aryl methyl sites for hydroxylation is 2. The van der Waals surface area contributed by atoms with E-state index in [0.717, 1.165) is 21.9 Å². The van der Waals surface area contributed by atoms with Gasteiger partial charge in [0.15, 0.2) is 0 Å². The molecule has 0 unspecified atom stereocenters. The van der Waals surface area contributed by atoms with Crippen molar-refractivity contribution < 1.29 is 16.8 Å². The van der Waals surface area contributed by atoms with Crippen LogP contribution in [0.15, 0.2) is 129 Å². The fraction of sp³-hybridized carbons (Fsp3) is 0.0667. The van der Waals surface area contributed by atoms with Crippen LogP contribution in [0.3, 0.4) is 0 Å². The summed E-state index contributed by atoms with van der Waals surface area (Å²) in [4.78, 5) is 0.365. The van der Waals surface area contributed by atoms with E-state index in [4.69, 9.17) is 0 Å². The quantitative estimate of drug-likeness (QED) is 0.176. The number of rotatable bonds is 7. The molecule has 2 heterocycles. The van der Waals surface area contributed by atoms with Crippen molar-refractivity contribution in [1.29, 1.82) is 0 Å². The van der Waals surface area contributed by atoms with E-state index in [1.165, 1.54) is 29.5 Å². The van der Waals surface area contributed by atoms with Crippen LogP contribution in [-0.2, 0) is 20.0 Å². The molecule has 6 rings (SSSR count). The lowest BCUT2D eigenvalue weighted by Crippen LogP contribution is -2.14. The van der Waals surface area contributed by atoms with Crippen molar-refractivity contribution in [3.05, 3.63) is 120 Å². The zero-order valence-electron chi connectivity index (χ0n) is 21.6. The average Bonchev–Trinajstić information content (AvgIpc) is 3.51. The first-order valence-electron chi connectivity index (χ1n) is 12.4. The van der Waals surface area contributed by atoms with Gasteiger partial charge >= 0.3 is 0 Å². The van der Waals surface area contributed by atoms with E-state index < -0.39 is 20.0 Å². The van der Waals surface area contributed by atoms with E-state index in [0.29, 0.717) is 21.1 Å². The molecule has 2 aromatic heterocycles. The minimum atomic E-state index is -3.93. The molecule has 0 bridgehead atoms. The van der Waals surface area contributed by atoms with Crippen LogP contribution in [0, 0.1) is 13.8 Å². The lowest BCUT2D eigenvalue weighted by atomic mass is 10.2. The second-order valence-electron chi connectivity index (χ2n) is 9.41. The van der Waals surface area contributed by atoms with Crippen LogP contribution in [0.5, 0.6) is 0 Å². The molecule has 0 aliphatic rings. The highest BCUT2D eigenvalue weighted by molar-refractivity contribution is 8.76. The van der Waals surface area contributed by atoms with Gasteiger partial charge in [-0.1, -0.05) is 71.8 Å². The summed E-state index contributed by atoms with van der Waals surface area (Å²) in [6, 6.07) is 31.7. The zero-order valence-corrected chi connectivity index (χ0v) is 24.8. The van der Waals surface area contributed by atoms with Gasteiger partial charge in [0, 0.05) is 10.8 Å². The Morgan fingerprint density at radius 2 is 0.850 bits per heavy atom. The minimum absolute atomic E-state index is 0.183.